The maximum absolute atomic E-state index is 12.8. The third kappa shape index (κ3) is 4.06. The van der Waals surface area contributed by atoms with Crippen molar-refractivity contribution in [1.29, 1.82) is 0 Å². The lowest BCUT2D eigenvalue weighted by molar-refractivity contribution is 0.102. The topological polar surface area (TPSA) is 63.1 Å². The zero-order chi connectivity index (χ0) is 20.5. The summed E-state index contributed by atoms with van der Waals surface area (Å²) in [6.07, 6.45) is 1.74. The van der Waals surface area contributed by atoms with Crippen molar-refractivity contribution in [1.82, 2.24) is 19.4 Å². The molecule has 2 aromatic heterocycles. The van der Waals surface area contributed by atoms with Crippen LogP contribution in [-0.2, 0) is 13.6 Å². The first kappa shape index (κ1) is 19.3. The van der Waals surface area contributed by atoms with Crippen molar-refractivity contribution in [2.24, 2.45) is 7.05 Å². The van der Waals surface area contributed by atoms with Gasteiger partial charge < -0.3 is 9.47 Å². The van der Waals surface area contributed by atoms with Crippen molar-refractivity contribution < 1.29 is 4.79 Å². The van der Waals surface area contributed by atoms with Crippen LogP contribution < -0.4 is 5.32 Å². The molecule has 0 spiro atoms. The van der Waals surface area contributed by atoms with Crippen LogP contribution in [-0.4, -0.2) is 39.4 Å². The third-order valence-corrected chi connectivity index (χ3v) is 5.65. The number of fused-ring (bicyclic) bond motifs is 1. The molecule has 4 rings (SSSR count). The summed E-state index contributed by atoms with van der Waals surface area (Å²) in [5.41, 5.74) is 5.53. The number of carbonyl (C=O) groups excluding carboxylic acids is 1. The van der Waals surface area contributed by atoms with Crippen molar-refractivity contribution >= 4 is 33.4 Å². The number of anilines is 1. The van der Waals surface area contributed by atoms with Crippen LogP contribution in [0.1, 0.15) is 20.8 Å². The molecule has 0 aliphatic heterocycles. The van der Waals surface area contributed by atoms with E-state index < -0.39 is 0 Å². The van der Waals surface area contributed by atoms with E-state index in [9.17, 15) is 4.79 Å². The first-order valence-corrected chi connectivity index (χ1v) is 10.2. The molecule has 2 heterocycles. The molecular formula is C22H23N5OS. The first-order chi connectivity index (χ1) is 13.9. The van der Waals surface area contributed by atoms with Gasteiger partial charge in [0, 0.05) is 29.6 Å². The van der Waals surface area contributed by atoms with Gasteiger partial charge in [-0.1, -0.05) is 41.2 Å². The first-order valence-electron chi connectivity index (χ1n) is 9.34. The van der Waals surface area contributed by atoms with E-state index in [0.29, 0.717) is 10.7 Å². The number of benzene rings is 2. The van der Waals surface area contributed by atoms with E-state index in [1.165, 1.54) is 16.9 Å². The lowest BCUT2D eigenvalue weighted by atomic mass is 10.1. The Bertz CT molecular complexity index is 1170. The molecule has 0 atom stereocenters. The van der Waals surface area contributed by atoms with Crippen LogP contribution in [0, 0.1) is 6.92 Å². The van der Waals surface area contributed by atoms with Crippen LogP contribution >= 0.6 is 11.3 Å². The third-order valence-electron chi connectivity index (χ3n) is 4.69. The van der Waals surface area contributed by atoms with Crippen molar-refractivity contribution in [3.8, 4) is 11.3 Å². The Kier molecular flexibility index (Phi) is 5.17. The van der Waals surface area contributed by atoms with E-state index in [-0.39, 0.29) is 5.91 Å². The van der Waals surface area contributed by atoms with Crippen LogP contribution in [0.2, 0.25) is 0 Å². The number of aromatic nitrogens is 3. The highest BCUT2D eigenvalue weighted by atomic mass is 32.1. The highest BCUT2D eigenvalue weighted by Gasteiger charge is 2.17. The van der Waals surface area contributed by atoms with Gasteiger partial charge in [-0.2, -0.15) is 0 Å². The summed E-state index contributed by atoms with van der Waals surface area (Å²) in [6, 6.07) is 13.8. The molecule has 0 unspecified atom stereocenters. The molecular weight excluding hydrogens is 382 g/mol. The molecule has 29 heavy (non-hydrogen) atoms. The Morgan fingerprint density at radius 2 is 1.93 bits per heavy atom. The van der Waals surface area contributed by atoms with Gasteiger partial charge in [-0.05, 0) is 39.2 Å². The number of imidazole rings is 1. The number of carbonyl (C=O) groups is 1. The molecule has 1 N–H and O–H groups in total. The lowest BCUT2D eigenvalue weighted by Crippen LogP contribution is -2.11. The second-order valence-corrected chi connectivity index (χ2v) is 8.49. The maximum Gasteiger partial charge on any atom is 0.257 e. The van der Waals surface area contributed by atoms with Crippen molar-refractivity contribution in [2.45, 2.75) is 13.5 Å². The van der Waals surface area contributed by atoms with Gasteiger partial charge in [0.1, 0.15) is 0 Å². The van der Waals surface area contributed by atoms with E-state index >= 15 is 0 Å². The summed E-state index contributed by atoms with van der Waals surface area (Å²) < 4.78 is 1.93. The molecule has 0 saturated carbocycles. The molecule has 7 heteroatoms. The van der Waals surface area contributed by atoms with Gasteiger partial charge in [0.25, 0.3) is 5.91 Å². The Morgan fingerprint density at radius 1 is 1.17 bits per heavy atom. The lowest BCUT2D eigenvalue weighted by Gasteiger charge is -2.09. The summed E-state index contributed by atoms with van der Waals surface area (Å²) >= 11 is 1.51. The van der Waals surface area contributed by atoms with Gasteiger partial charge in [0.15, 0.2) is 5.13 Å². The second-order valence-electron chi connectivity index (χ2n) is 7.41. The number of thiazole rings is 1. The Balaban J connectivity index is 1.63. The Hall–Kier alpha value is -3.03. The number of nitrogens with one attached hydrogen (secondary N) is 1. The highest BCUT2D eigenvalue weighted by Crippen LogP contribution is 2.32. The number of hydrogen-bond acceptors (Lipinski definition) is 5. The van der Waals surface area contributed by atoms with Crippen LogP contribution in [0.25, 0.3) is 22.3 Å². The van der Waals surface area contributed by atoms with Crippen LogP contribution in [0.5, 0.6) is 0 Å². The average molecular weight is 406 g/mol. The minimum atomic E-state index is -0.182. The van der Waals surface area contributed by atoms with Gasteiger partial charge >= 0.3 is 0 Å². The summed E-state index contributed by atoms with van der Waals surface area (Å²) in [5.74, 6) is -0.182. The number of rotatable bonds is 5. The van der Waals surface area contributed by atoms with E-state index in [1.54, 1.807) is 12.4 Å². The Morgan fingerprint density at radius 3 is 2.66 bits per heavy atom. The van der Waals surface area contributed by atoms with Gasteiger partial charge in [0.05, 0.1) is 23.1 Å². The monoisotopic (exact) mass is 405 g/mol. The smallest absolute Gasteiger partial charge is 0.257 e. The Labute approximate surface area is 173 Å². The fraction of sp³-hybridized carbons (Fsp3) is 0.227. The molecule has 0 bridgehead atoms. The van der Waals surface area contributed by atoms with E-state index in [2.05, 4.69) is 46.4 Å². The molecule has 0 radical (unpaired) electrons. The normalized spacial score (nSPS) is 11.3. The standard InChI is InChI=1S/C22H23N5OS/c1-14-5-7-15(8-6-14)20-19(12-26(2)3)29-22(24-20)25-21(28)16-9-10-18-17(11-16)23-13-27(18)4/h5-11,13H,12H2,1-4H3,(H,24,25,28). The van der Waals surface area contributed by atoms with Gasteiger partial charge in [-0.3, -0.25) is 10.1 Å². The zero-order valence-corrected chi connectivity index (χ0v) is 17.7. The number of aryl methyl sites for hydroxylation is 2. The zero-order valence-electron chi connectivity index (χ0n) is 16.9. The van der Waals surface area contributed by atoms with E-state index in [0.717, 1.165) is 33.7 Å². The van der Waals surface area contributed by atoms with Crippen LogP contribution in [0.4, 0.5) is 5.13 Å². The molecule has 0 saturated heterocycles. The number of nitrogens with zero attached hydrogens (tertiary/aromatic N) is 4. The van der Waals surface area contributed by atoms with E-state index in [1.807, 2.05) is 37.8 Å². The molecule has 0 aliphatic carbocycles. The van der Waals surface area contributed by atoms with E-state index in [4.69, 9.17) is 4.98 Å². The summed E-state index contributed by atoms with van der Waals surface area (Å²) in [6.45, 7) is 2.83. The molecule has 2 aromatic carbocycles. The van der Waals surface area contributed by atoms with Gasteiger partial charge in [-0.15, -0.1) is 0 Å². The quantitative estimate of drug-likeness (QED) is 0.537. The van der Waals surface area contributed by atoms with Crippen molar-refractivity contribution in [3.63, 3.8) is 0 Å². The maximum atomic E-state index is 12.8. The predicted molar refractivity (Wildman–Crippen MR) is 118 cm³/mol. The predicted octanol–water partition coefficient (Wildman–Crippen LogP) is 4.32. The van der Waals surface area contributed by atoms with Gasteiger partial charge in [0.2, 0.25) is 0 Å². The molecule has 0 fully saturated rings. The molecule has 4 aromatic rings. The van der Waals surface area contributed by atoms with Crippen molar-refractivity contribution in [2.75, 3.05) is 19.4 Å². The minimum Gasteiger partial charge on any atom is -0.334 e. The fourth-order valence-electron chi connectivity index (χ4n) is 3.18. The van der Waals surface area contributed by atoms with Crippen LogP contribution in [0.3, 0.4) is 0 Å². The summed E-state index contributed by atoms with van der Waals surface area (Å²) in [4.78, 5) is 25.1. The molecule has 0 aliphatic rings. The second kappa shape index (κ2) is 7.77. The summed E-state index contributed by atoms with van der Waals surface area (Å²) in [5, 5.41) is 3.56. The molecule has 148 valence electrons. The number of hydrogen-bond donors (Lipinski definition) is 1. The summed E-state index contributed by atoms with van der Waals surface area (Å²) in [7, 11) is 5.99. The molecule has 1 amide bonds. The fourth-order valence-corrected chi connectivity index (χ4v) is 4.28. The SMILES string of the molecule is Cc1ccc(-c2nc(NC(=O)c3ccc4c(c3)ncn4C)sc2CN(C)C)cc1. The largest absolute Gasteiger partial charge is 0.334 e. The van der Waals surface area contributed by atoms with Gasteiger partial charge in [-0.25, -0.2) is 9.97 Å². The molecule has 6 nitrogen and oxygen atoms in total. The minimum absolute atomic E-state index is 0.182. The number of amides is 1. The van der Waals surface area contributed by atoms with Crippen LogP contribution in [0.15, 0.2) is 48.8 Å². The average Bonchev–Trinajstić information content (AvgIpc) is 3.25. The van der Waals surface area contributed by atoms with Crippen molar-refractivity contribution in [3.05, 3.63) is 64.8 Å². The highest BCUT2D eigenvalue weighted by molar-refractivity contribution is 7.16.